The molecule has 1 saturated heterocycles. The van der Waals surface area contributed by atoms with E-state index in [4.69, 9.17) is 5.73 Å². The van der Waals surface area contributed by atoms with Crippen molar-refractivity contribution in [3.8, 4) is 0 Å². The molecule has 0 amide bonds. The lowest BCUT2D eigenvalue weighted by molar-refractivity contribution is 0.640. The maximum absolute atomic E-state index is 5.53. The van der Waals surface area contributed by atoms with Crippen LogP contribution >= 0.6 is 0 Å². The third-order valence-corrected chi connectivity index (χ3v) is 3.38. The van der Waals surface area contributed by atoms with E-state index >= 15 is 0 Å². The van der Waals surface area contributed by atoms with E-state index in [0.717, 1.165) is 18.8 Å². The van der Waals surface area contributed by atoms with Crippen LogP contribution < -0.4 is 10.6 Å². The van der Waals surface area contributed by atoms with E-state index in [1.165, 1.54) is 24.8 Å². The second kappa shape index (κ2) is 5.30. The maximum atomic E-state index is 5.53. The van der Waals surface area contributed by atoms with E-state index in [1.54, 1.807) is 0 Å². The van der Waals surface area contributed by atoms with E-state index in [2.05, 4.69) is 28.9 Å². The predicted octanol–water partition coefficient (Wildman–Crippen LogP) is 1.96. The highest BCUT2D eigenvalue weighted by atomic mass is 15.2. The molecule has 0 aliphatic carbocycles. The number of nitrogens with zero attached hydrogens (tertiary/aromatic N) is 2. The van der Waals surface area contributed by atoms with Gasteiger partial charge in [-0.05, 0) is 43.9 Å². The Kier molecular flexibility index (Phi) is 3.78. The van der Waals surface area contributed by atoms with Crippen molar-refractivity contribution in [2.75, 3.05) is 18.0 Å². The van der Waals surface area contributed by atoms with E-state index in [9.17, 15) is 0 Å². The molecular weight excluding hydrogens is 198 g/mol. The van der Waals surface area contributed by atoms with Crippen molar-refractivity contribution >= 4 is 5.82 Å². The molecule has 0 bridgehead atoms. The number of rotatable bonds is 4. The Morgan fingerprint density at radius 1 is 1.50 bits per heavy atom. The molecule has 1 fully saturated rings. The standard InChI is InChI=1S/C13H21N3/c1-2-12-4-3-9-16(12)13-6-5-11(7-8-14)10-15-13/h5-6,10,12H,2-4,7-9,14H2,1H3. The van der Waals surface area contributed by atoms with E-state index in [1.807, 2.05) is 6.20 Å². The van der Waals surface area contributed by atoms with Crippen molar-refractivity contribution in [3.63, 3.8) is 0 Å². The van der Waals surface area contributed by atoms with E-state index in [-0.39, 0.29) is 0 Å². The minimum Gasteiger partial charge on any atom is -0.354 e. The molecule has 1 aromatic rings. The third kappa shape index (κ3) is 2.35. The first-order valence-corrected chi connectivity index (χ1v) is 6.26. The Morgan fingerprint density at radius 2 is 2.38 bits per heavy atom. The summed E-state index contributed by atoms with van der Waals surface area (Å²) in [7, 11) is 0. The predicted molar refractivity (Wildman–Crippen MR) is 67.7 cm³/mol. The first-order valence-electron chi connectivity index (χ1n) is 6.26. The van der Waals surface area contributed by atoms with Gasteiger partial charge in [-0.2, -0.15) is 0 Å². The summed E-state index contributed by atoms with van der Waals surface area (Å²) in [6.45, 7) is 4.11. The van der Waals surface area contributed by atoms with Gasteiger partial charge in [0.2, 0.25) is 0 Å². The molecule has 3 nitrogen and oxygen atoms in total. The van der Waals surface area contributed by atoms with Crippen molar-refractivity contribution in [1.82, 2.24) is 4.98 Å². The topological polar surface area (TPSA) is 42.1 Å². The molecule has 1 aliphatic rings. The summed E-state index contributed by atoms with van der Waals surface area (Å²) in [4.78, 5) is 6.98. The smallest absolute Gasteiger partial charge is 0.128 e. The molecule has 1 aliphatic heterocycles. The van der Waals surface area contributed by atoms with Gasteiger partial charge in [-0.3, -0.25) is 0 Å². The highest BCUT2D eigenvalue weighted by molar-refractivity contribution is 5.41. The van der Waals surface area contributed by atoms with Gasteiger partial charge >= 0.3 is 0 Å². The highest BCUT2D eigenvalue weighted by Gasteiger charge is 2.23. The van der Waals surface area contributed by atoms with Crippen molar-refractivity contribution in [2.24, 2.45) is 5.73 Å². The Bertz CT molecular complexity index is 320. The summed E-state index contributed by atoms with van der Waals surface area (Å²) in [6, 6.07) is 4.98. The summed E-state index contributed by atoms with van der Waals surface area (Å²) in [6.07, 6.45) is 6.71. The minimum absolute atomic E-state index is 0.688. The fourth-order valence-electron chi connectivity index (χ4n) is 2.46. The van der Waals surface area contributed by atoms with Crippen molar-refractivity contribution < 1.29 is 0 Å². The van der Waals surface area contributed by atoms with Crippen LogP contribution in [0.25, 0.3) is 0 Å². The number of hydrogen-bond acceptors (Lipinski definition) is 3. The molecule has 3 heteroatoms. The zero-order chi connectivity index (χ0) is 11.4. The Balaban J connectivity index is 2.08. The zero-order valence-corrected chi connectivity index (χ0v) is 10.0. The van der Waals surface area contributed by atoms with Crippen LogP contribution in [-0.2, 0) is 6.42 Å². The molecule has 1 unspecified atom stereocenters. The van der Waals surface area contributed by atoms with Gasteiger partial charge in [0.15, 0.2) is 0 Å². The lowest BCUT2D eigenvalue weighted by Gasteiger charge is -2.24. The maximum Gasteiger partial charge on any atom is 0.128 e. The molecular formula is C13H21N3. The molecule has 0 spiro atoms. The first-order chi connectivity index (χ1) is 7.85. The fourth-order valence-corrected chi connectivity index (χ4v) is 2.46. The molecule has 16 heavy (non-hydrogen) atoms. The van der Waals surface area contributed by atoms with Gasteiger partial charge < -0.3 is 10.6 Å². The molecule has 0 saturated carbocycles. The number of nitrogens with two attached hydrogens (primary N) is 1. The third-order valence-electron chi connectivity index (χ3n) is 3.38. The number of anilines is 1. The van der Waals surface area contributed by atoms with Gasteiger partial charge in [0.1, 0.15) is 5.82 Å². The summed E-state index contributed by atoms with van der Waals surface area (Å²) in [5.74, 6) is 1.13. The zero-order valence-electron chi connectivity index (χ0n) is 10.0. The van der Waals surface area contributed by atoms with Crippen LogP contribution in [0.4, 0.5) is 5.82 Å². The first kappa shape index (κ1) is 11.4. The van der Waals surface area contributed by atoms with Crippen LogP contribution in [0.1, 0.15) is 31.7 Å². The lowest BCUT2D eigenvalue weighted by Crippen LogP contribution is -2.29. The summed E-state index contributed by atoms with van der Waals surface area (Å²) in [5, 5.41) is 0. The highest BCUT2D eigenvalue weighted by Crippen LogP contribution is 2.25. The quantitative estimate of drug-likeness (QED) is 0.841. The van der Waals surface area contributed by atoms with E-state index < -0.39 is 0 Å². The largest absolute Gasteiger partial charge is 0.354 e. The summed E-state index contributed by atoms with van der Waals surface area (Å²) >= 11 is 0. The van der Waals surface area contributed by atoms with Crippen LogP contribution in [0.5, 0.6) is 0 Å². The van der Waals surface area contributed by atoms with E-state index in [0.29, 0.717) is 12.6 Å². The van der Waals surface area contributed by atoms with Crippen LogP contribution in [0, 0.1) is 0 Å². The van der Waals surface area contributed by atoms with Crippen LogP contribution in [-0.4, -0.2) is 24.1 Å². The number of pyridine rings is 1. The Hall–Kier alpha value is -1.09. The van der Waals surface area contributed by atoms with Gasteiger partial charge in [-0.25, -0.2) is 4.98 Å². The Labute approximate surface area is 97.7 Å². The van der Waals surface area contributed by atoms with Gasteiger partial charge in [0.25, 0.3) is 0 Å². The van der Waals surface area contributed by atoms with Gasteiger partial charge in [0.05, 0.1) is 0 Å². The normalized spacial score (nSPS) is 20.4. The van der Waals surface area contributed by atoms with Crippen molar-refractivity contribution in [1.29, 1.82) is 0 Å². The van der Waals surface area contributed by atoms with Gasteiger partial charge in [-0.1, -0.05) is 13.0 Å². The lowest BCUT2D eigenvalue weighted by atomic mass is 10.1. The van der Waals surface area contributed by atoms with Crippen LogP contribution in [0.2, 0.25) is 0 Å². The Morgan fingerprint density at radius 3 is 3.00 bits per heavy atom. The molecule has 2 heterocycles. The molecule has 0 aromatic carbocycles. The molecule has 1 atom stereocenters. The average molecular weight is 219 g/mol. The average Bonchev–Trinajstić information content (AvgIpc) is 2.78. The number of aromatic nitrogens is 1. The second-order valence-electron chi connectivity index (χ2n) is 4.46. The monoisotopic (exact) mass is 219 g/mol. The molecule has 0 radical (unpaired) electrons. The second-order valence-corrected chi connectivity index (χ2v) is 4.46. The summed E-state index contributed by atoms with van der Waals surface area (Å²) < 4.78 is 0. The van der Waals surface area contributed by atoms with Gasteiger partial charge in [0, 0.05) is 18.8 Å². The van der Waals surface area contributed by atoms with Crippen molar-refractivity contribution in [3.05, 3.63) is 23.9 Å². The van der Waals surface area contributed by atoms with Crippen LogP contribution in [0.15, 0.2) is 18.3 Å². The molecule has 2 N–H and O–H groups in total. The molecule has 1 aromatic heterocycles. The number of hydrogen-bond donors (Lipinski definition) is 1. The molecule has 2 rings (SSSR count). The minimum atomic E-state index is 0.688. The summed E-state index contributed by atoms with van der Waals surface area (Å²) in [5.41, 5.74) is 6.76. The fraction of sp³-hybridized carbons (Fsp3) is 0.615. The van der Waals surface area contributed by atoms with Crippen molar-refractivity contribution in [2.45, 2.75) is 38.6 Å². The van der Waals surface area contributed by atoms with Crippen LogP contribution in [0.3, 0.4) is 0 Å². The molecule has 88 valence electrons. The SMILES string of the molecule is CCC1CCCN1c1ccc(CCN)cn1. The van der Waals surface area contributed by atoms with Gasteiger partial charge in [-0.15, -0.1) is 0 Å².